The Bertz CT molecular complexity index is 1050. The van der Waals surface area contributed by atoms with E-state index in [-0.39, 0.29) is 35.8 Å². The summed E-state index contributed by atoms with van der Waals surface area (Å²) in [6.45, 7) is -0.300. The maximum atomic E-state index is 12.4. The van der Waals surface area contributed by atoms with Crippen molar-refractivity contribution in [3.05, 3.63) is 24.0 Å². The van der Waals surface area contributed by atoms with Crippen molar-refractivity contribution < 1.29 is 19.1 Å². The maximum Gasteiger partial charge on any atom is 0.268 e. The van der Waals surface area contributed by atoms with E-state index in [1.165, 1.54) is 7.11 Å². The Labute approximate surface area is 181 Å². The molecule has 10 nitrogen and oxygen atoms in total. The fraction of sp³-hybridized carbons (Fsp3) is 0.421. The molecular formula is C19H24B2N6O4. The molecule has 3 heterocycles. The minimum atomic E-state index is -0.815. The zero-order chi connectivity index (χ0) is 22.6. The number of ether oxygens (including phenoxy) is 1. The minimum absolute atomic E-state index is 0.109. The molecule has 4 N–H and O–H groups in total. The van der Waals surface area contributed by atoms with Crippen molar-refractivity contribution in [3.8, 4) is 11.9 Å². The van der Waals surface area contributed by atoms with Gasteiger partial charge < -0.3 is 25.7 Å². The molecule has 1 aliphatic heterocycles. The molecule has 2 aromatic heterocycles. The smallest absolute Gasteiger partial charge is 0.268 e. The average Bonchev–Trinajstić information content (AvgIpc) is 3.17. The van der Waals surface area contributed by atoms with E-state index >= 15 is 0 Å². The molecule has 31 heavy (non-hydrogen) atoms. The van der Waals surface area contributed by atoms with Crippen LogP contribution < -0.4 is 20.7 Å². The Morgan fingerprint density at radius 1 is 1.48 bits per heavy atom. The second-order valence-electron chi connectivity index (χ2n) is 8.24. The molecule has 3 rings (SSSR count). The molecule has 12 heteroatoms. The van der Waals surface area contributed by atoms with Gasteiger partial charge in [-0.3, -0.25) is 14.4 Å². The maximum absolute atomic E-state index is 12.4. The molecule has 0 spiro atoms. The largest absolute Gasteiger partial charge is 0.481 e. The van der Waals surface area contributed by atoms with Crippen molar-refractivity contribution in [2.24, 2.45) is 5.92 Å². The lowest BCUT2D eigenvalue weighted by Gasteiger charge is -2.36. The van der Waals surface area contributed by atoms with Crippen LogP contribution >= 0.6 is 0 Å². The van der Waals surface area contributed by atoms with Gasteiger partial charge in [0.15, 0.2) is 0 Å². The lowest BCUT2D eigenvalue weighted by molar-refractivity contribution is -0.128. The fourth-order valence-electron chi connectivity index (χ4n) is 3.63. The highest BCUT2D eigenvalue weighted by Gasteiger charge is 2.34. The lowest BCUT2D eigenvalue weighted by atomic mass is 9.57. The number of carbonyl (C=O) groups is 3. The van der Waals surface area contributed by atoms with Crippen LogP contribution in [0.3, 0.4) is 0 Å². The number of pyridine rings is 1. The van der Waals surface area contributed by atoms with Gasteiger partial charge in [-0.2, -0.15) is 5.26 Å². The number of carbonyl (C=O) groups excluding carboxylic acids is 3. The molecule has 0 aromatic carbocycles. The van der Waals surface area contributed by atoms with E-state index in [1.54, 1.807) is 18.3 Å². The predicted molar refractivity (Wildman–Crippen MR) is 118 cm³/mol. The Morgan fingerprint density at radius 2 is 2.26 bits per heavy atom. The number of aromatic amines is 1. The van der Waals surface area contributed by atoms with Crippen LogP contribution in [0.2, 0.25) is 0 Å². The van der Waals surface area contributed by atoms with Crippen molar-refractivity contribution in [1.82, 2.24) is 25.9 Å². The van der Waals surface area contributed by atoms with E-state index in [4.69, 9.17) is 4.74 Å². The third kappa shape index (κ3) is 5.36. The third-order valence-corrected chi connectivity index (χ3v) is 5.32. The van der Waals surface area contributed by atoms with Crippen LogP contribution in [0.15, 0.2) is 18.3 Å². The van der Waals surface area contributed by atoms with E-state index < -0.39 is 17.9 Å². The van der Waals surface area contributed by atoms with Gasteiger partial charge in [0.05, 0.1) is 30.6 Å². The van der Waals surface area contributed by atoms with Crippen LogP contribution in [0.5, 0.6) is 5.88 Å². The fourth-order valence-corrected chi connectivity index (χ4v) is 3.63. The number of fused-ring (bicyclic) bond motifs is 1. The van der Waals surface area contributed by atoms with Crippen molar-refractivity contribution in [2.75, 3.05) is 13.7 Å². The van der Waals surface area contributed by atoms with Crippen molar-refractivity contribution >= 4 is 44.3 Å². The van der Waals surface area contributed by atoms with Crippen LogP contribution in [0, 0.1) is 17.2 Å². The highest BCUT2D eigenvalue weighted by atomic mass is 16.5. The summed E-state index contributed by atoms with van der Waals surface area (Å²) in [4.78, 5) is 43.9. The van der Waals surface area contributed by atoms with Gasteiger partial charge in [0.2, 0.25) is 17.7 Å². The molecule has 3 amide bonds. The second kappa shape index (κ2) is 9.12. The molecule has 1 saturated heterocycles. The summed E-state index contributed by atoms with van der Waals surface area (Å²) in [5.41, 5.74) is 0.937. The number of rotatable bonds is 7. The number of methoxy groups -OCH3 is 1. The first-order valence-electron chi connectivity index (χ1n) is 10.0. The summed E-state index contributed by atoms with van der Waals surface area (Å²) >= 11 is 0. The molecule has 2 atom stereocenters. The zero-order valence-corrected chi connectivity index (χ0v) is 17.7. The molecular weight excluding hydrogens is 398 g/mol. The summed E-state index contributed by atoms with van der Waals surface area (Å²) in [5, 5.41) is 17.8. The molecule has 1 fully saturated rings. The third-order valence-electron chi connectivity index (χ3n) is 5.32. The first-order valence-corrected chi connectivity index (χ1v) is 10.0. The van der Waals surface area contributed by atoms with E-state index in [2.05, 4.69) is 25.9 Å². The molecule has 1 aliphatic rings. The van der Waals surface area contributed by atoms with Crippen LogP contribution in [0.4, 0.5) is 0 Å². The SMILES string of the molecule is BC1(B)CC[C@@H](C[C@@H](C#N)NC(=O)CNC(=O)c2cc3c(OC)nccc3[nH]2)C(=O)N1. The second-order valence-corrected chi connectivity index (χ2v) is 8.24. The quantitative estimate of drug-likeness (QED) is 0.385. The Kier molecular flexibility index (Phi) is 6.53. The van der Waals surface area contributed by atoms with Crippen LogP contribution in [-0.2, 0) is 9.59 Å². The monoisotopic (exact) mass is 422 g/mol. The number of hydrogen-bond donors (Lipinski definition) is 4. The van der Waals surface area contributed by atoms with E-state index in [0.717, 1.165) is 6.42 Å². The van der Waals surface area contributed by atoms with Crippen molar-refractivity contribution in [2.45, 2.75) is 30.6 Å². The molecule has 0 unspecified atom stereocenters. The number of H-pyrrole nitrogens is 1. The first kappa shape index (κ1) is 22.2. The number of aromatic nitrogens is 2. The van der Waals surface area contributed by atoms with Gasteiger partial charge in [0.1, 0.15) is 27.4 Å². The van der Waals surface area contributed by atoms with Gasteiger partial charge in [0.25, 0.3) is 5.91 Å². The first-order chi connectivity index (χ1) is 14.7. The minimum Gasteiger partial charge on any atom is -0.481 e. The standard InChI is InChI=1S/C19H24B2N6O4/c1-31-18-12-7-14(26-13(12)3-5-23-18)17(30)24-9-15(28)25-11(8-22)6-10-2-4-19(20,21)27-16(10)29/h3,5,7,10-11,26H,2,4,6,9,20-21H2,1H3,(H,24,30)(H,25,28)(H,27,29)/t10-,11-/m0/s1. The molecule has 2 aromatic rings. The summed E-state index contributed by atoms with van der Waals surface area (Å²) < 4.78 is 5.17. The molecule has 0 bridgehead atoms. The normalized spacial score (nSPS) is 18.5. The van der Waals surface area contributed by atoms with Gasteiger partial charge in [-0.1, -0.05) is 0 Å². The van der Waals surface area contributed by atoms with Crippen molar-refractivity contribution in [3.63, 3.8) is 0 Å². The number of nitrogens with one attached hydrogen (secondary N) is 4. The zero-order valence-electron chi connectivity index (χ0n) is 17.7. The van der Waals surface area contributed by atoms with E-state index in [0.29, 0.717) is 23.2 Å². The van der Waals surface area contributed by atoms with E-state index in [1.807, 2.05) is 21.8 Å². The van der Waals surface area contributed by atoms with Gasteiger partial charge in [-0.25, -0.2) is 4.98 Å². The number of nitriles is 1. The highest BCUT2D eigenvalue weighted by Crippen LogP contribution is 2.24. The summed E-state index contributed by atoms with van der Waals surface area (Å²) in [7, 11) is 5.39. The number of nitrogens with zero attached hydrogens (tertiary/aromatic N) is 2. The predicted octanol–water partition coefficient (Wildman–Crippen LogP) is -1.85. The number of amides is 3. The van der Waals surface area contributed by atoms with Gasteiger partial charge in [-0.15, -0.1) is 0 Å². The topological polar surface area (TPSA) is 149 Å². The summed E-state index contributed by atoms with van der Waals surface area (Å²) in [6.07, 6.45) is 3.24. The molecule has 0 saturated carbocycles. The average molecular weight is 422 g/mol. The Hall–Kier alpha value is -3.48. The Morgan fingerprint density at radius 3 is 2.94 bits per heavy atom. The van der Waals surface area contributed by atoms with Gasteiger partial charge in [0, 0.05) is 12.1 Å². The van der Waals surface area contributed by atoms with Crippen LogP contribution in [0.1, 0.15) is 29.8 Å². The molecule has 0 aliphatic carbocycles. The summed E-state index contributed by atoms with van der Waals surface area (Å²) in [6, 6.07) is 4.51. The highest BCUT2D eigenvalue weighted by molar-refractivity contribution is 6.41. The van der Waals surface area contributed by atoms with E-state index in [9.17, 15) is 19.6 Å². The van der Waals surface area contributed by atoms with Crippen molar-refractivity contribution in [1.29, 1.82) is 5.26 Å². The molecule has 160 valence electrons. The lowest BCUT2D eigenvalue weighted by Crippen LogP contribution is -2.56. The number of hydrogen-bond acceptors (Lipinski definition) is 6. The van der Waals surface area contributed by atoms with Crippen LogP contribution in [0.25, 0.3) is 10.9 Å². The summed E-state index contributed by atoms with van der Waals surface area (Å²) in [5.74, 6) is -1.04. The van der Waals surface area contributed by atoms with Gasteiger partial charge in [-0.05, 0) is 36.7 Å². The Balaban J connectivity index is 1.52. The molecule has 0 radical (unpaired) electrons. The van der Waals surface area contributed by atoms with Gasteiger partial charge >= 0.3 is 0 Å². The number of piperidine rings is 1. The van der Waals surface area contributed by atoms with Crippen LogP contribution in [-0.4, -0.2) is 68.4 Å².